The van der Waals surface area contributed by atoms with Crippen LogP contribution in [0.4, 0.5) is 0 Å². The van der Waals surface area contributed by atoms with E-state index in [0.717, 1.165) is 59.4 Å². The number of amidine groups is 1. The van der Waals surface area contributed by atoms with Crippen LogP contribution in [0.3, 0.4) is 0 Å². The summed E-state index contributed by atoms with van der Waals surface area (Å²) in [7, 11) is 0. The third-order valence-electron chi connectivity index (χ3n) is 13.8. The number of ether oxygens (including phenoxy) is 1. The molecule has 2 aliphatic rings. The summed E-state index contributed by atoms with van der Waals surface area (Å²) in [5.41, 5.74) is 17.5. The van der Waals surface area contributed by atoms with E-state index in [1.807, 2.05) is 81.7 Å². The minimum Gasteiger partial charge on any atom is -0.507 e. The lowest BCUT2D eigenvalue weighted by Gasteiger charge is -2.31. The van der Waals surface area contributed by atoms with Crippen LogP contribution >= 0.6 is 11.3 Å². The molecule has 74 heavy (non-hydrogen) atoms. The van der Waals surface area contributed by atoms with Crippen molar-refractivity contribution in [3.8, 4) is 16.2 Å². The minimum atomic E-state index is -0.963. The zero-order valence-corrected chi connectivity index (χ0v) is 44.5. The molecule has 1 aromatic heterocycles. The number of carbonyl (C=O) groups is 4. The molecular formula is C61H73N5O7S. The number of Topliss-reactive ketones (excluding diaryl/α,β-unsaturated/α-hetero) is 2. The maximum atomic E-state index is 13.8. The number of para-hydroxylation sites is 1. The van der Waals surface area contributed by atoms with E-state index in [2.05, 4.69) is 46.4 Å². The van der Waals surface area contributed by atoms with Crippen LogP contribution in [0.5, 0.6) is 5.75 Å². The zero-order valence-electron chi connectivity index (χ0n) is 43.7. The Labute approximate surface area is 441 Å². The average Bonchev–Trinajstić information content (AvgIpc) is 3.99. The normalized spacial score (nSPS) is 16.7. The molecule has 6 rings (SSSR count). The number of rotatable bonds is 25. The molecule has 1 unspecified atom stereocenters. The number of ketones is 2. The largest absolute Gasteiger partial charge is 0.507 e. The van der Waals surface area contributed by atoms with Crippen molar-refractivity contribution in [1.82, 2.24) is 15.6 Å². The van der Waals surface area contributed by atoms with Crippen molar-refractivity contribution < 1.29 is 34.1 Å². The number of aliphatic hydroxyl groups excluding tert-OH is 1. The number of nitrogens with one attached hydrogen (secondary N) is 2. The number of aromatic hydroxyl groups is 1. The molecule has 2 amide bonds. The first-order valence-electron chi connectivity index (χ1n) is 25.5. The van der Waals surface area contributed by atoms with Crippen molar-refractivity contribution in [2.24, 2.45) is 28.0 Å². The Morgan fingerprint density at radius 2 is 1.70 bits per heavy atom. The number of phenols is 1. The number of aliphatic hydroxyl groups is 1. The number of aliphatic imine (C=N–C) groups is 1. The summed E-state index contributed by atoms with van der Waals surface area (Å²) in [6, 6.07) is 21.7. The van der Waals surface area contributed by atoms with Gasteiger partial charge in [0.2, 0.25) is 11.8 Å². The molecule has 3 aromatic carbocycles. The lowest BCUT2D eigenvalue weighted by Crippen LogP contribution is -2.49. The number of nitrogens with two attached hydrogens (primary N) is 1. The molecule has 6 N–H and O–H groups in total. The van der Waals surface area contributed by atoms with Gasteiger partial charge in [-0.3, -0.25) is 19.2 Å². The number of aromatic nitrogens is 1. The van der Waals surface area contributed by atoms with Gasteiger partial charge in [-0.2, -0.15) is 0 Å². The number of thiazole rings is 1. The summed E-state index contributed by atoms with van der Waals surface area (Å²) in [6.07, 6.45) is 10.7. The average molecular weight is 1020 g/mol. The molecule has 4 atom stereocenters. The van der Waals surface area contributed by atoms with Crippen molar-refractivity contribution in [2.75, 3.05) is 6.61 Å². The number of aryl methyl sites for hydroxylation is 1. The molecule has 0 saturated heterocycles. The number of allylic oxidation sites excluding steroid dienone is 6. The number of amides is 2. The Bertz CT molecular complexity index is 2830. The molecule has 4 aromatic rings. The van der Waals surface area contributed by atoms with Gasteiger partial charge in [-0.15, -0.1) is 11.3 Å². The van der Waals surface area contributed by atoms with Gasteiger partial charge in [0.05, 0.1) is 34.8 Å². The predicted octanol–water partition coefficient (Wildman–Crippen LogP) is 11.4. The highest BCUT2D eigenvalue weighted by Crippen LogP contribution is 2.43. The SMILES string of the molecule is C=CN=C(N)/C(=C\C(=C)c1ccccc1O)OCCc1ccc(C(=O)CC2CCC3=C(CC(=CCCC(=O)N[C@H](C(=O)C(=C)C[C@H](O)C[C@H](C)C(=O)NCc4ccc(-c5scnc5C)cc4)C(C)(C)C)C3)C2)cc1. The summed E-state index contributed by atoms with van der Waals surface area (Å²) < 4.78 is 6.02. The standard InChI is InChI=1S/C61H73N5O7S/c1-9-63-59(62)54(31-38(2)51-14-10-11-15-52(51)68)73-28-27-42-17-22-46(23-18-42)53(69)35-45-21-26-48-32-44(33-49(48)34-45)13-12-16-55(70)66-58(61(6,7)8)56(71)39(3)29-50(67)30-40(4)60(72)64-36-43-19-24-47(25-20-43)57-41(5)65-37-74-57/h9-11,13-15,17-20,22-25,31,37,40,45,50,58,67-68H,1-3,12,16,21,26-30,32-36H2,4-8H3,(H2,62,63)(H,64,72)(H,66,70)/b44-13?,54-31+/t40-,45?,50-,58+/m0/s1. The Kier molecular flexibility index (Phi) is 20.0. The van der Waals surface area contributed by atoms with Gasteiger partial charge in [0.1, 0.15) is 5.75 Å². The fourth-order valence-corrected chi connectivity index (χ4v) is 10.4. The second-order valence-electron chi connectivity index (χ2n) is 20.8. The Hall–Kier alpha value is -6.96. The van der Waals surface area contributed by atoms with E-state index in [9.17, 15) is 29.4 Å². The number of benzene rings is 3. The molecule has 0 spiro atoms. The molecule has 0 bridgehead atoms. The smallest absolute Gasteiger partial charge is 0.223 e. The highest BCUT2D eigenvalue weighted by atomic mass is 32.1. The minimum absolute atomic E-state index is 0.00703. The number of phenolic OH excluding ortho intramolecular Hbond substituents is 1. The van der Waals surface area contributed by atoms with E-state index in [4.69, 9.17) is 10.5 Å². The second kappa shape index (κ2) is 26.3. The second-order valence-corrected chi connectivity index (χ2v) is 21.6. The van der Waals surface area contributed by atoms with Gasteiger partial charge in [0.25, 0.3) is 0 Å². The van der Waals surface area contributed by atoms with Crippen molar-refractivity contribution in [1.29, 1.82) is 0 Å². The van der Waals surface area contributed by atoms with E-state index in [1.165, 1.54) is 22.9 Å². The summed E-state index contributed by atoms with van der Waals surface area (Å²) in [4.78, 5) is 63.0. The van der Waals surface area contributed by atoms with E-state index in [0.29, 0.717) is 54.9 Å². The fraction of sp³-hybridized carbons (Fsp3) is 0.377. The van der Waals surface area contributed by atoms with Crippen LogP contribution in [-0.4, -0.2) is 63.2 Å². The number of carbonyl (C=O) groups excluding carboxylic acids is 4. The molecule has 0 aliphatic heterocycles. The molecule has 0 radical (unpaired) electrons. The molecule has 0 fully saturated rings. The van der Waals surface area contributed by atoms with Crippen LogP contribution in [0, 0.1) is 24.2 Å². The fourth-order valence-electron chi connectivity index (χ4n) is 9.56. The van der Waals surface area contributed by atoms with Crippen molar-refractivity contribution in [2.45, 2.75) is 124 Å². The third-order valence-corrected chi connectivity index (χ3v) is 14.8. The molecule has 0 saturated carbocycles. The molecule has 2 aliphatic carbocycles. The Morgan fingerprint density at radius 1 is 1.00 bits per heavy atom. The van der Waals surface area contributed by atoms with E-state index in [1.54, 1.807) is 48.6 Å². The van der Waals surface area contributed by atoms with E-state index in [-0.39, 0.29) is 65.7 Å². The molecule has 1 heterocycles. The molecule has 390 valence electrons. The topological polar surface area (TPSA) is 193 Å². The zero-order chi connectivity index (χ0) is 53.5. The van der Waals surface area contributed by atoms with Gasteiger partial charge in [0.15, 0.2) is 23.2 Å². The van der Waals surface area contributed by atoms with Gasteiger partial charge < -0.3 is 31.3 Å². The third kappa shape index (κ3) is 16.0. The monoisotopic (exact) mass is 1020 g/mol. The summed E-state index contributed by atoms with van der Waals surface area (Å²) in [5.74, 6) is -0.315. The number of nitrogens with zero attached hydrogens (tertiary/aromatic N) is 2. The van der Waals surface area contributed by atoms with Crippen LogP contribution in [0.2, 0.25) is 0 Å². The quantitative estimate of drug-likeness (QED) is 0.00817. The van der Waals surface area contributed by atoms with Crippen molar-refractivity contribution >= 4 is 46.1 Å². The predicted molar refractivity (Wildman–Crippen MR) is 297 cm³/mol. The maximum Gasteiger partial charge on any atom is 0.223 e. The van der Waals surface area contributed by atoms with Crippen LogP contribution in [-0.2, 0) is 32.1 Å². The van der Waals surface area contributed by atoms with Crippen LogP contribution < -0.4 is 16.4 Å². The first kappa shape index (κ1) is 56.3. The van der Waals surface area contributed by atoms with Gasteiger partial charge in [-0.1, -0.05) is 137 Å². The van der Waals surface area contributed by atoms with Crippen LogP contribution in [0.15, 0.2) is 149 Å². The molecule has 12 nitrogen and oxygen atoms in total. The summed E-state index contributed by atoms with van der Waals surface area (Å²) in [5, 5.41) is 27.1. The Balaban J connectivity index is 0.899. The van der Waals surface area contributed by atoms with Crippen molar-refractivity contribution in [3.63, 3.8) is 0 Å². The van der Waals surface area contributed by atoms with Crippen LogP contribution in [0.1, 0.15) is 125 Å². The van der Waals surface area contributed by atoms with Crippen molar-refractivity contribution in [3.05, 3.63) is 172 Å². The highest BCUT2D eigenvalue weighted by Gasteiger charge is 2.35. The van der Waals surface area contributed by atoms with Crippen LogP contribution in [0.25, 0.3) is 16.0 Å². The Morgan fingerprint density at radius 3 is 2.38 bits per heavy atom. The lowest BCUT2D eigenvalue weighted by atomic mass is 9.81. The van der Waals surface area contributed by atoms with E-state index < -0.39 is 23.5 Å². The molecular weight excluding hydrogens is 947 g/mol. The van der Waals surface area contributed by atoms with Gasteiger partial charge in [-0.05, 0) is 103 Å². The van der Waals surface area contributed by atoms with Gasteiger partial charge >= 0.3 is 0 Å². The number of hydrogen-bond donors (Lipinski definition) is 5. The van der Waals surface area contributed by atoms with Gasteiger partial charge in [-0.25, -0.2) is 9.98 Å². The highest BCUT2D eigenvalue weighted by molar-refractivity contribution is 7.13. The number of hydrogen-bond acceptors (Lipinski definition) is 10. The summed E-state index contributed by atoms with van der Waals surface area (Å²) >= 11 is 1.59. The van der Waals surface area contributed by atoms with E-state index >= 15 is 0 Å². The molecule has 13 heteroatoms. The summed E-state index contributed by atoms with van der Waals surface area (Å²) in [6.45, 7) is 21.7. The maximum absolute atomic E-state index is 13.8. The first-order chi connectivity index (χ1) is 35.3. The first-order valence-corrected chi connectivity index (χ1v) is 26.4. The van der Waals surface area contributed by atoms with Gasteiger partial charge in [0, 0.05) is 55.5 Å². The lowest BCUT2D eigenvalue weighted by molar-refractivity contribution is -0.128.